The van der Waals surface area contributed by atoms with Crippen LogP contribution in [0.25, 0.3) is 33.7 Å². The van der Waals surface area contributed by atoms with E-state index in [1.807, 2.05) is 49.5 Å². The number of carboxylic acid groups (broad SMARTS) is 3. The lowest BCUT2D eigenvalue weighted by molar-refractivity contribution is -0.193. The van der Waals surface area contributed by atoms with E-state index in [2.05, 4.69) is 31.3 Å². The van der Waals surface area contributed by atoms with E-state index in [1.54, 1.807) is 6.20 Å². The molecule has 51 heavy (non-hydrogen) atoms. The number of oxazole rings is 1. The van der Waals surface area contributed by atoms with Crippen LogP contribution < -0.4 is 16.0 Å². The molecule has 4 aromatic rings. The molecule has 1 saturated heterocycles. The number of anilines is 2. The average Bonchev–Trinajstić information content (AvgIpc) is 3.69. The highest BCUT2D eigenvalue weighted by Crippen LogP contribution is 2.33. The molecule has 0 aliphatic carbocycles. The number of rotatable bonds is 4. The summed E-state index contributed by atoms with van der Waals surface area (Å²) in [5.74, 6) is -7.41. The van der Waals surface area contributed by atoms with E-state index in [0.717, 1.165) is 53.8 Å². The molecular formula is C28H28F9N7O7. The van der Waals surface area contributed by atoms with E-state index < -0.39 is 36.4 Å². The fraction of sp³-hybridized carbons (Fsp3) is 0.357. The van der Waals surface area contributed by atoms with Gasteiger partial charge in [-0.3, -0.25) is 4.68 Å². The Kier molecular flexibility index (Phi) is 13.7. The first-order chi connectivity index (χ1) is 23.4. The van der Waals surface area contributed by atoms with Gasteiger partial charge in [-0.1, -0.05) is 0 Å². The number of aliphatic carboxylic acids is 3. The van der Waals surface area contributed by atoms with Gasteiger partial charge in [0.15, 0.2) is 5.58 Å². The Morgan fingerprint density at radius 2 is 1.37 bits per heavy atom. The molecule has 6 N–H and O–H groups in total. The predicted molar refractivity (Wildman–Crippen MR) is 159 cm³/mol. The summed E-state index contributed by atoms with van der Waals surface area (Å²) in [5.41, 5.74) is 11.4. The minimum atomic E-state index is -5.08. The van der Waals surface area contributed by atoms with Crippen molar-refractivity contribution in [1.29, 1.82) is 0 Å². The molecule has 1 aromatic carbocycles. The maximum Gasteiger partial charge on any atom is 0.490 e. The fourth-order valence-corrected chi connectivity index (χ4v) is 3.87. The topological polar surface area (TPSA) is 210 Å². The summed E-state index contributed by atoms with van der Waals surface area (Å²) in [6.07, 6.45) is -7.33. The van der Waals surface area contributed by atoms with E-state index >= 15 is 0 Å². The van der Waals surface area contributed by atoms with E-state index in [-0.39, 0.29) is 0 Å². The molecule has 3 aromatic heterocycles. The third-order valence-corrected chi connectivity index (χ3v) is 6.38. The molecule has 1 aliphatic rings. The van der Waals surface area contributed by atoms with Crippen LogP contribution in [0.4, 0.5) is 51.0 Å². The summed E-state index contributed by atoms with van der Waals surface area (Å²) < 4.78 is 103. The standard InChI is InChI=1S/C22H25N7O.3C2HF3O2/c1-28(2)17-3-4-20-19(10-17)27-22(30-20)18-9-14(11-25-21(18)23)15-12-26-29(13-15)16-5-7-24-8-6-16;3*3-2(4,5)1(6)7/h3-4,9-13,16,24H,5-8H2,1-2H3,(H2,23,25);3*(H,6,7). The van der Waals surface area contributed by atoms with Crippen LogP contribution >= 0.6 is 0 Å². The second-order valence-electron chi connectivity index (χ2n) is 10.3. The Bertz CT molecular complexity index is 1740. The van der Waals surface area contributed by atoms with Gasteiger partial charge in [0.2, 0.25) is 5.89 Å². The maximum absolute atomic E-state index is 10.6. The zero-order chi connectivity index (χ0) is 38.9. The highest BCUT2D eigenvalue weighted by atomic mass is 19.4. The number of carbonyl (C=O) groups is 3. The smallest absolute Gasteiger partial charge is 0.475 e. The molecule has 0 unspecified atom stereocenters. The molecular weight excluding hydrogens is 717 g/mol. The van der Waals surface area contributed by atoms with Crippen LogP contribution in [0.5, 0.6) is 0 Å². The number of halogens is 9. The molecule has 23 heteroatoms. The molecule has 14 nitrogen and oxygen atoms in total. The van der Waals surface area contributed by atoms with Crippen LogP contribution in [0.15, 0.2) is 47.3 Å². The van der Waals surface area contributed by atoms with Crippen molar-refractivity contribution < 1.29 is 73.6 Å². The van der Waals surface area contributed by atoms with Crippen LogP contribution in [0.2, 0.25) is 0 Å². The first kappa shape index (κ1) is 41.6. The van der Waals surface area contributed by atoms with Crippen LogP contribution in [-0.2, 0) is 14.4 Å². The minimum Gasteiger partial charge on any atom is -0.475 e. The molecule has 280 valence electrons. The lowest BCUT2D eigenvalue weighted by Gasteiger charge is -2.22. The molecule has 0 amide bonds. The third kappa shape index (κ3) is 12.7. The maximum atomic E-state index is 10.6. The van der Waals surface area contributed by atoms with Gasteiger partial charge in [-0.05, 0) is 50.2 Å². The normalized spacial score (nSPS) is 13.5. The number of hydrogen-bond donors (Lipinski definition) is 5. The molecule has 1 fully saturated rings. The van der Waals surface area contributed by atoms with Crippen LogP contribution in [0.3, 0.4) is 0 Å². The highest BCUT2D eigenvalue weighted by molar-refractivity contribution is 5.83. The van der Waals surface area contributed by atoms with Gasteiger partial charge in [-0.25, -0.2) is 24.4 Å². The average molecular weight is 746 g/mol. The monoisotopic (exact) mass is 745 g/mol. The number of benzene rings is 1. The first-order valence-electron chi connectivity index (χ1n) is 13.9. The van der Waals surface area contributed by atoms with Crippen molar-refractivity contribution >= 4 is 40.5 Å². The molecule has 0 radical (unpaired) electrons. The molecule has 1 aliphatic heterocycles. The van der Waals surface area contributed by atoms with Gasteiger partial charge >= 0.3 is 36.4 Å². The zero-order valence-electron chi connectivity index (χ0n) is 26.1. The summed E-state index contributed by atoms with van der Waals surface area (Å²) in [6.45, 7) is 2.06. The van der Waals surface area contributed by atoms with Gasteiger partial charge in [0.25, 0.3) is 0 Å². The molecule has 0 bridgehead atoms. The summed E-state index contributed by atoms with van der Waals surface area (Å²) in [6, 6.07) is 8.34. The van der Waals surface area contributed by atoms with Crippen molar-refractivity contribution in [3.05, 3.63) is 42.9 Å². The number of nitrogens with zero attached hydrogens (tertiary/aromatic N) is 5. The first-order valence-corrected chi connectivity index (χ1v) is 13.9. The summed E-state index contributed by atoms with van der Waals surface area (Å²) in [4.78, 5) is 37.8. The Labute approximate surface area is 280 Å². The number of hydrogen-bond acceptors (Lipinski definition) is 10. The lowest BCUT2D eigenvalue weighted by atomic mass is 10.1. The Morgan fingerprint density at radius 1 is 0.863 bits per heavy atom. The van der Waals surface area contributed by atoms with Crippen LogP contribution in [0.1, 0.15) is 18.9 Å². The Balaban J connectivity index is 0.000000352. The third-order valence-electron chi connectivity index (χ3n) is 6.38. The van der Waals surface area contributed by atoms with Crippen LogP contribution in [-0.4, -0.2) is 98.7 Å². The quantitative estimate of drug-likeness (QED) is 0.170. The number of nitrogens with two attached hydrogens (primary N) is 1. The number of aromatic nitrogens is 4. The molecule has 0 atom stereocenters. The Hall–Kier alpha value is -5.61. The zero-order valence-corrected chi connectivity index (χ0v) is 26.1. The second-order valence-corrected chi connectivity index (χ2v) is 10.3. The number of piperidine rings is 1. The SMILES string of the molecule is CN(C)c1ccc2oc(-c3cc(-c4cnn(C5CCNCC5)c4)cnc3N)nc2c1.O=C(O)C(F)(F)F.O=C(O)C(F)(F)F.O=C(O)C(F)(F)F. The predicted octanol–water partition coefficient (Wildman–Crippen LogP) is 5.23. The number of carboxylic acids is 3. The number of nitrogens with one attached hydrogen (secondary N) is 1. The van der Waals surface area contributed by atoms with Gasteiger partial charge in [-0.15, -0.1) is 0 Å². The fourth-order valence-electron chi connectivity index (χ4n) is 3.87. The molecule has 0 saturated carbocycles. The van der Waals surface area contributed by atoms with Crippen molar-refractivity contribution in [2.24, 2.45) is 0 Å². The highest BCUT2D eigenvalue weighted by Gasteiger charge is 2.39. The van der Waals surface area contributed by atoms with Crippen molar-refractivity contribution in [3.63, 3.8) is 0 Å². The summed E-state index contributed by atoms with van der Waals surface area (Å²) >= 11 is 0. The van der Waals surface area contributed by atoms with E-state index in [1.165, 1.54) is 0 Å². The van der Waals surface area contributed by atoms with Crippen molar-refractivity contribution in [2.75, 3.05) is 37.8 Å². The molecule has 0 spiro atoms. The van der Waals surface area contributed by atoms with Crippen molar-refractivity contribution in [3.8, 4) is 22.6 Å². The van der Waals surface area contributed by atoms with E-state index in [4.69, 9.17) is 39.9 Å². The van der Waals surface area contributed by atoms with E-state index in [0.29, 0.717) is 23.3 Å². The summed E-state index contributed by atoms with van der Waals surface area (Å²) in [5, 5.41) is 29.4. The van der Waals surface area contributed by atoms with Gasteiger partial charge < -0.3 is 35.7 Å². The van der Waals surface area contributed by atoms with Crippen molar-refractivity contribution in [2.45, 2.75) is 37.4 Å². The molecule has 4 heterocycles. The number of pyridine rings is 1. The molecule has 5 rings (SSSR count). The van der Waals surface area contributed by atoms with Gasteiger partial charge in [-0.2, -0.15) is 44.6 Å². The largest absolute Gasteiger partial charge is 0.490 e. The van der Waals surface area contributed by atoms with Gasteiger partial charge in [0.05, 0.1) is 17.8 Å². The summed E-state index contributed by atoms with van der Waals surface area (Å²) in [7, 11) is 4.00. The van der Waals surface area contributed by atoms with Gasteiger partial charge in [0, 0.05) is 43.3 Å². The second kappa shape index (κ2) is 16.9. The van der Waals surface area contributed by atoms with Gasteiger partial charge in [0.1, 0.15) is 11.3 Å². The Morgan fingerprint density at radius 3 is 1.84 bits per heavy atom. The van der Waals surface area contributed by atoms with Crippen LogP contribution in [0, 0.1) is 0 Å². The van der Waals surface area contributed by atoms with Crippen molar-refractivity contribution in [1.82, 2.24) is 25.1 Å². The minimum absolute atomic E-state index is 0.392. The number of nitrogen functional groups attached to an aromatic ring is 1. The lowest BCUT2D eigenvalue weighted by Crippen LogP contribution is -2.29. The van der Waals surface area contributed by atoms with E-state index in [9.17, 15) is 39.5 Å². The number of alkyl halides is 9. The number of fused-ring (bicyclic) bond motifs is 1.